The lowest BCUT2D eigenvalue weighted by atomic mass is 9.97. The van der Waals surface area contributed by atoms with E-state index in [1.807, 2.05) is 20.8 Å². The monoisotopic (exact) mass is 185 g/mol. The van der Waals surface area contributed by atoms with Crippen molar-refractivity contribution in [2.24, 2.45) is 5.92 Å². The van der Waals surface area contributed by atoms with Crippen LogP contribution in [-0.4, -0.2) is 24.0 Å². The van der Waals surface area contributed by atoms with Crippen molar-refractivity contribution in [2.75, 3.05) is 13.2 Å². The Balaban J connectivity index is 4.32. The Morgan fingerprint density at radius 3 is 2.31 bits per heavy atom. The molecule has 0 bridgehead atoms. The maximum absolute atomic E-state index is 11.1. The second kappa shape index (κ2) is 5.75. The average Bonchev–Trinajstić information content (AvgIpc) is 2.11. The minimum atomic E-state index is -0.0359. The summed E-state index contributed by atoms with van der Waals surface area (Å²) in [6, 6.07) is 0. The van der Waals surface area contributed by atoms with E-state index in [-0.39, 0.29) is 18.3 Å². The van der Waals surface area contributed by atoms with Crippen LogP contribution in [0, 0.1) is 5.92 Å². The van der Waals surface area contributed by atoms with Gasteiger partial charge in [-0.05, 0) is 26.3 Å². The zero-order valence-corrected chi connectivity index (χ0v) is 8.85. The van der Waals surface area contributed by atoms with E-state index in [9.17, 15) is 4.79 Å². The number of hydrogen-bond donors (Lipinski definition) is 2. The van der Waals surface area contributed by atoms with Crippen molar-refractivity contribution in [3.63, 3.8) is 0 Å². The SMILES string of the molecule is CC(=O)C(C)/C(C)=C(\C)NCCO. The van der Waals surface area contributed by atoms with Gasteiger partial charge in [-0.2, -0.15) is 0 Å². The summed E-state index contributed by atoms with van der Waals surface area (Å²) in [5, 5.41) is 11.6. The topological polar surface area (TPSA) is 49.3 Å². The van der Waals surface area contributed by atoms with Gasteiger partial charge in [-0.25, -0.2) is 0 Å². The Kier molecular flexibility index (Phi) is 5.39. The van der Waals surface area contributed by atoms with Crippen LogP contribution in [0.15, 0.2) is 11.3 Å². The normalized spacial score (nSPS) is 14.8. The summed E-state index contributed by atoms with van der Waals surface area (Å²) in [5.74, 6) is 0.133. The van der Waals surface area contributed by atoms with E-state index in [2.05, 4.69) is 5.32 Å². The summed E-state index contributed by atoms with van der Waals surface area (Å²) < 4.78 is 0. The third-order valence-corrected chi connectivity index (χ3v) is 2.35. The van der Waals surface area contributed by atoms with Crippen LogP contribution in [0.1, 0.15) is 27.7 Å². The number of carbonyl (C=O) groups is 1. The lowest BCUT2D eigenvalue weighted by Crippen LogP contribution is -2.20. The number of nitrogens with one attached hydrogen (secondary N) is 1. The molecular weight excluding hydrogens is 166 g/mol. The second-order valence-electron chi connectivity index (χ2n) is 3.29. The van der Waals surface area contributed by atoms with Crippen molar-refractivity contribution in [3.05, 3.63) is 11.3 Å². The first-order valence-electron chi connectivity index (χ1n) is 4.53. The van der Waals surface area contributed by atoms with E-state index in [4.69, 9.17) is 5.11 Å². The fourth-order valence-electron chi connectivity index (χ4n) is 1.01. The summed E-state index contributed by atoms with van der Waals surface area (Å²) in [7, 11) is 0. The molecule has 76 valence electrons. The highest BCUT2D eigenvalue weighted by Gasteiger charge is 2.11. The van der Waals surface area contributed by atoms with Crippen LogP contribution >= 0.6 is 0 Å². The van der Waals surface area contributed by atoms with Crippen LogP contribution in [0.3, 0.4) is 0 Å². The predicted octanol–water partition coefficient (Wildman–Crippen LogP) is 1.09. The summed E-state index contributed by atoms with van der Waals surface area (Å²) in [6.45, 7) is 7.98. The Bertz CT molecular complexity index is 209. The molecule has 0 saturated heterocycles. The van der Waals surface area contributed by atoms with Gasteiger partial charge in [0.15, 0.2) is 0 Å². The minimum Gasteiger partial charge on any atom is -0.395 e. The predicted molar refractivity (Wildman–Crippen MR) is 53.3 cm³/mol. The first kappa shape index (κ1) is 12.2. The third-order valence-electron chi connectivity index (χ3n) is 2.35. The van der Waals surface area contributed by atoms with Crippen molar-refractivity contribution >= 4 is 5.78 Å². The van der Waals surface area contributed by atoms with Gasteiger partial charge in [-0.15, -0.1) is 0 Å². The van der Waals surface area contributed by atoms with Gasteiger partial charge < -0.3 is 10.4 Å². The number of ketones is 1. The second-order valence-corrected chi connectivity index (χ2v) is 3.29. The van der Waals surface area contributed by atoms with E-state index in [0.717, 1.165) is 11.3 Å². The van der Waals surface area contributed by atoms with E-state index >= 15 is 0 Å². The number of rotatable bonds is 5. The van der Waals surface area contributed by atoms with Gasteiger partial charge >= 0.3 is 0 Å². The molecule has 13 heavy (non-hydrogen) atoms. The average molecular weight is 185 g/mol. The number of aliphatic hydroxyl groups excluding tert-OH is 1. The van der Waals surface area contributed by atoms with Crippen LogP contribution in [0.4, 0.5) is 0 Å². The smallest absolute Gasteiger partial charge is 0.136 e. The largest absolute Gasteiger partial charge is 0.395 e. The maximum Gasteiger partial charge on any atom is 0.136 e. The zero-order valence-electron chi connectivity index (χ0n) is 8.85. The van der Waals surface area contributed by atoms with E-state index in [1.165, 1.54) is 0 Å². The molecule has 3 nitrogen and oxygen atoms in total. The Hall–Kier alpha value is -0.830. The summed E-state index contributed by atoms with van der Waals surface area (Å²) in [6.07, 6.45) is 0. The molecule has 0 radical (unpaired) electrons. The first-order valence-corrected chi connectivity index (χ1v) is 4.53. The molecule has 0 aromatic carbocycles. The third kappa shape index (κ3) is 4.08. The lowest BCUT2D eigenvalue weighted by Gasteiger charge is -2.13. The molecule has 0 rings (SSSR count). The molecule has 0 spiro atoms. The number of Topliss-reactive ketones (excluding diaryl/α,β-unsaturated/α-hetero) is 1. The van der Waals surface area contributed by atoms with Crippen LogP contribution in [0.25, 0.3) is 0 Å². The van der Waals surface area contributed by atoms with Gasteiger partial charge in [0.05, 0.1) is 6.61 Å². The summed E-state index contributed by atoms with van der Waals surface area (Å²) >= 11 is 0. The highest BCUT2D eigenvalue weighted by atomic mass is 16.3. The van der Waals surface area contributed by atoms with Crippen molar-refractivity contribution in [3.8, 4) is 0 Å². The molecule has 0 heterocycles. The molecule has 1 unspecified atom stereocenters. The number of hydrogen-bond acceptors (Lipinski definition) is 3. The fraction of sp³-hybridized carbons (Fsp3) is 0.700. The molecule has 2 N–H and O–H groups in total. The highest BCUT2D eigenvalue weighted by molar-refractivity contribution is 5.80. The fourth-order valence-corrected chi connectivity index (χ4v) is 1.01. The van der Waals surface area contributed by atoms with Crippen LogP contribution in [0.5, 0.6) is 0 Å². The Morgan fingerprint density at radius 2 is 1.92 bits per heavy atom. The Labute approximate surface area is 79.8 Å². The van der Waals surface area contributed by atoms with Gasteiger partial charge in [0.25, 0.3) is 0 Å². The highest BCUT2D eigenvalue weighted by Crippen LogP contribution is 2.13. The molecule has 1 atom stereocenters. The quantitative estimate of drug-likeness (QED) is 0.674. The molecule has 3 heteroatoms. The first-order chi connectivity index (χ1) is 6.00. The molecule has 0 amide bonds. The van der Waals surface area contributed by atoms with Crippen LogP contribution < -0.4 is 5.32 Å². The number of carbonyl (C=O) groups excluding carboxylic acids is 1. The van der Waals surface area contributed by atoms with Crippen LogP contribution in [-0.2, 0) is 4.79 Å². The molecule has 0 saturated carbocycles. The molecule has 0 aromatic rings. The van der Waals surface area contributed by atoms with E-state index < -0.39 is 0 Å². The summed E-state index contributed by atoms with van der Waals surface area (Å²) in [4.78, 5) is 11.1. The van der Waals surface area contributed by atoms with Crippen molar-refractivity contribution in [1.29, 1.82) is 0 Å². The molecule has 0 aliphatic carbocycles. The van der Waals surface area contributed by atoms with Crippen molar-refractivity contribution in [2.45, 2.75) is 27.7 Å². The maximum atomic E-state index is 11.1. The van der Waals surface area contributed by atoms with Gasteiger partial charge in [0, 0.05) is 18.2 Å². The van der Waals surface area contributed by atoms with Crippen LogP contribution in [0.2, 0.25) is 0 Å². The van der Waals surface area contributed by atoms with Crippen molar-refractivity contribution in [1.82, 2.24) is 5.32 Å². The number of allylic oxidation sites excluding steroid dienone is 2. The molecule has 0 aromatic heterocycles. The Morgan fingerprint density at radius 1 is 1.38 bits per heavy atom. The van der Waals surface area contributed by atoms with E-state index in [1.54, 1.807) is 6.92 Å². The van der Waals surface area contributed by atoms with Gasteiger partial charge in [0.2, 0.25) is 0 Å². The minimum absolute atomic E-state index is 0.0359. The molecule has 0 aliphatic heterocycles. The van der Waals surface area contributed by atoms with E-state index in [0.29, 0.717) is 6.54 Å². The molecular formula is C10H19NO2. The van der Waals surface area contributed by atoms with Gasteiger partial charge in [-0.3, -0.25) is 4.79 Å². The lowest BCUT2D eigenvalue weighted by molar-refractivity contribution is -0.119. The number of aliphatic hydroxyl groups is 1. The molecule has 0 aliphatic rings. The summed E-state index contributed by atoms with van der Waals surface area (Å²) in [5.41, 5.74) is 2.03. The zero-order chi connectivity index (χ0) is 10.4. The standard InChI is InChI=1S/C10H19NO2/c1-7(8(2)10(4)13)9(3)11-5-6-12/h8,11-12H,5-6H2,1-4H3/b9-7+. The van der Waals surface area contributed by atoms with Gasteiger partial charge in [0.1, 0.15) is 5.78 Å². The molecule has 0 fully saturated rings. The van der Waals surface area contributed by atoms with Gasteiger partial charge in [-0.1, -0.05) is 6.92 Å². The van der Waals surface area contributed by atoms with Crippen molar-refractivity contribution < 1.29 is 9.90 Å².